The van der Waals surface area contributed by atoms with Gasteiger partial charge in [0.05, 0.1) is 19.9 Å². The van der Waals surface area contributed by atoms with Crippen LogP contribution >= 0.6 is 11.6 Å². The minimum atomic E-state index is -0.647. The molecule has 8 nitrogen and oxygen atoms in total. The Kier molecular flexibility index (Phi) is 8.55. The topological polar surface area (TPSA) is 102 Å². The molecule has 0 saturated carbocycles. The third-order valence-corrected chi connectivity index (χ3v) is 6.80. The Labute approximate surface area is 247 Å². The molecule has 1 heterocycles. The first-order valence-electron chi connectivity index (χ1n) is 13.2. The maximum atomic E-state index is 13.3. The van der Waals surface area contributed by atoms with Gasteiger partial charge in [-0.1, -0.05) is 60.1 Å². The van der Waals surface area contributed by atoms with Crippen LogP contribution < -0.4 is 19.6 Å². The molecular formula is C33H28ClN3O5. The van der Waals surface area contributed by atoms with Gasteiger partial charge in [-0.25, -0.2) is 10.2 Å². The fraction of sp³-hybridized carbons (Fsp3) is 0.121. The van der Waals surface area contributed by atoms with E-state index in [4.69, 9.17) is 25.8 Å². The van der Waals surface area contributed by atoms with Gasteiger partial charge < -0.3 is 19.2 Å². The molecule has 0 aliphatic heterocycles. The summed E-state index contributed by atoms with van der Waals surface area (Å²) in [5.74, 6) is -0.147. The van der Waals surface area contributed by atoms with Crippen molar-refractivity contribution in [1.29, 1.82) is 0 Å². The quantitative estimate of drug-likeness (QED) is 0.0830. The number of methoxy groups -OCH3 is 1. The number of H-pyrrole nitrogens is 1. The van der Waals surface area contributed by atoms with Crippen molar-refractivity contribution in [2.45, 2.75) is 13.8 Å². The Balaban J connectivity index is 1.37. The maximum absolute atomic E-state index is 13.3. The summed E-state index contributed by atoms with van der Waals surface area (Å²) in [6.07, 6.45) is 1.49. The third kappa shape index (κ3) is 5.99. The number of aromatic amines is 1. The van der Waals surface area contributed by atoms with E-state index in [2.05, 4.69) is 15.5 Å². The molecule has 5 rings (SSSR count). The minimum Gasteiger partial charge on any atom is -0.496 e. The number of hydrogen-bond acceptors (Lipinski definition) is 6. The number of fused-ring (bicyclic) bond motifs is 1. The van der Waals surface area contributed by atoms with Crippen molar-refractivity contribution in [2.75, 3.05) is 13.7 Å². The van der Waals surface area contributed by atoms with Crippen LogP contribution in [0.25, 0.3) is 22.0 Å². The van der Waals surface area contributed by atoms with Crippen LogP contribution in [0.4, 0.5) is 0 Å². The fourth-order valence-electron chi connectivity index (χ4n) is 4.61. The van der Waals surface area contributed by atoms with Gasteiger partial charge in [-0.3, -0.25) is 4.79 Å². The minimum absolute atomic E-state index is 0.183. The number of aromatic nitrogens is 1. The highest BCUT2D eigenvalue weighted by Crippen LogP contribution is 2.34. The molecule has 0 aliphatic carbocycles. The number of hydrazone groups is 1. The van der Waals surface area contributed by atoms with Gasteiger partial charge >= 0.3 is 5.97 Å². The molecule has 1 aromatic heterocycles. The zero-order chi connectivity index (χ0) is 29.6. The third-order valence-electron chi connectivity index (χ3n) is 6.56. The molecule has 0 spiro atoms. The summed E-state index contributed by atoms with van der Waals surface area (Å²) in [6, 6.07) is 25.4. The van der Waals surface area contributed by atoms with Crippen molar-refractivity contribution in [3.63, 3.8) is 0 Å². The maximum Gasteiger partial charge on any atom is 0.347 e. The zero-order valence-electron chi connectivity index (χ0n) is 23.2. The van der Waals surface area contributed by atoms with E-state index < -0.39 is 5.97 Å². The highest BCUT2D eigenvalue weighted by atomic mass is 35.5. The average molecular weight is 582 g/mol. The molecule has 9 heteroatoms. The fourth-order valence-corrected chi connectivity index (χ4v) is 4.78. The lowest BCUT2D eigenvalue weighted by atomic mass is 10.0. The van der Waals surface area contributed by atoms with Crippen LogP contribution in [0.5, 0.6) is 17.2 Å². The molecule has 0 radical (unpaired) electrons. The Bertz CT molecular complexity index is 1800. The van der Waals surface area contributed by atoms with Gasteiger partial charge in [-0.2, -0.15) is 5.10 Å². The van der Waals surface area contributed by atoms with E-state index in [0.717, 1.165) is 27.6 Å². The van der Waals surface area contributed by atoms with Crippen LogP contribution in [0.15, 0.2) is 90.0 Å². The largest absolute Gasteiger partial charge is 0.496 e. The number of hydrogen-bond donors (Lipinski definition) is 2. The number of benzene rings is 4. The average Bonchev–Trinajstić information content (AvgIpc) is 3.40. The van der Waals surface area contributed by atoms with E-state index in [1.54, 1.807) is 30.3 Å². The molecule has 4 aromatic carbocycles. The molecule has 0 fully saturated rings. The van der Waals surface area contributed by atoms with Crippen LogP contribution in [-0.4, -0.2) is 36.8 Å². The molecule has 5 aromatic rings. The highest BCUT2D eigenvalue weighted by Gasteiger charge is 2.20. The van der Waals surface area contributed by atoms with Gasteiger partial charge in [0.2, 0.25) is 0 Å². The number of rotatable bonds is 9. The number of halogens is 1. The second kappa shape index (κ2) is 12.6. The Hall–Kier alpha value is -5.08. The van der Waals surface area contributed by atoms with E-state index in [1.807, 2.05) is 62.4 Å². The summed E-state index contributed by atoms with van der Waals surface area (Å²) in [7, 11) is 1.46. The van der Waals surface area contributed by atoms with E-state index >= 15 is 0 Å². The number of amides is 1. The molecule has 0 aliphatic rings. The monoisotopic (exact) mass is 581 g/mol. The number of nitrogens with zero attached hydrogens (tertiary/aromatic N) is 1. The first-order chi connectivity index (χ1) is 20.4. The lowest BCUT2D eigenvalue weighted by Gasteiger charge is -2.13. The van der Waals surface area contributed by atoms with Gasteiger partial charge in [-0.15, -0.1) is 0 Å². The second-order valence-corrected chi connectivity index (χ2v) is 9.75. The highest BCUT2D eigenvalue weighted by molar-refractivity contribution is 6.31. The summed E-state index contributed by atoms with van der Waals surface area (Å²) >= 11 is 6.07. The number of carbonyl (C=O) groups excluding carboxylic acids is 2. The Morgan fingerprint density at radius 3 is 2.50 bits per heavy atom. The van der Waals surface area contributed by atoms with Gasteiger partial charge in [0, 0.05) is 21.5 Å². The van der Waals surface area contributed by atoms with Gasteiger partial charge in [0.15, 0.2) is 11.5 Å². The molecule has 1 amide bonds. The summed E-state index contributed by atoms with van der Waals surface area (Å²) in [5, 5.41) is 5.51. The van der Waals surface area contributed by atoms with E-state index in [1.165, 1.54) is 19.4 Å². The lowest BCUT2D eigenvalue weighted by molar-refractivity contribution is 0.0724. The molecule has 0 atom stereocenters. The molecular weight excluding hydrogens is 554 g/mol. The van der Waals surface area contributed by atoms with E-state index in [0.29, 0.717) is 34.4 Å². The number of aryl methyl sites for hydroxylation is 1. The SMILES string of the molecule is CCOc1cc(C=NNC(=O)c2[nH]c3c(C)cccc3c2-c2ccccc2)ccc1OC(=O)c1cc(Cl)ccc1OC. The van der Waals surface area contributed by atoms with Crippen molar-refractivity contribution in [3.8, 4) is 28.4 Å². The van der Waals surface area contributed by atoms with Gasteiger partial charge in [0.25, 0.3) is 5.91 Å². The standard InChI is InChI=1S/C33H28ClN3O5/c1-4-41-28-17-21(13-15-27(28)42-33(39)25-18-23(34)14-16-26(25)40-3)19-35-37-32(38)31-29(22-10-6-5-7-11-22)24-12-8-9-20(2)30(24)36-31/h5-19,36H,4H2,1-3H3,(H,37,38). The molecule has 0 unspecified atom stereocenters. The van der Waals surface area contributed by atoms with Crippen LogP contribution in [0.2, 0.25) is 5.02 Å². The summed E-state index contributed by atoms with van der Waals surface area (Å²) in [6.45, 7) is 4.15. The number of ether oxygens (including phenoxy) is 3. The Morgan fingerprint density at radius 1 is 0.952 bits per heavy atom. The van der Waals surface area contributed by atoms with Gasteiger partial charge in [-0.05, 0) is 66.9 Å². The van der Waals surface area contributed by atoms with Crippen LogP contribution in [0, 0.1) is 6.92 Å². The molecule has 2 N–H and O–H groups in total. The first-order valence-corrected chi connectivity index (χ1v) is 13.6. The number of esters is 1. The van der Waals surface area contributed by atoms with E-state index in [-0.39, 0.29) is 17.2 Å². The van der Waals surface area contributed by atoms with Crippen LogP contribution in [0.3, 0.4) is 0 Å². The second-order valence-electron chi connectivity index (χ2n) is 9.31. The van der Waals surface area contributed by atoms with Crippen molar-refractivity contribution in [3.05, 3.63) is 112 Å². The molecule has 42 heavy (non-hydrogen) atoms. The predicted octanol–water partition coefficient (Wildman–Crippen LogP) is 7.19. The molecule has 212 valence electrons. The smallest absolute Gasteiger partial charge is 0.347 e. The van der Waals surface area contributed by atoms with Crippen molar-refractivity contribution in [1.82, 2.24) is 10.4 Å². The van der Waals surface area contributed by atoms with Crippen LogP contribution in [-0.2, 0) is 0 Å². The molecule has 0 bridgehead atoms. The number of para-hydroxylation sites is 1. The van der Waals surface area contributed by atoms with Crippen molar-refractivity contribution in [2.24, 2.45) is 5.10 Å². The number of carbonyl (C=O) groups is 2. The lowest BCUT2D eigenvalue weighted by Crippen LogP contribution is -2.19. The van der Waals surface area contributed by atoms with Crippen molar-refractivity contribution < 1.29 is 23.8 Å². The number of nitrogens with one attached hydrogen (secondary N) is 2. The van der Waals surface area contributed by atoms with Crippen LogP contribution in [0.1, 0.15) is 38.9 Å². The van der Waals surface area contributed by atoms with E-state index in [9.17, 15) is 9.59 Å². The summed E-state index contributed by atoms with van der Waals surface area (Å²) in [4.78, 5) is 29.5. The summed E-state index contributed by atoms with van der Waals surface area (Å²) < 4.78 is 16.6. The first kappa shape index (κ1) is 28.4. The van der Waals surface area contributed by atoms with Crippen molar-refractivity contribution >= 4 is 40.6 Å². The normalized spacial score (nSPS) is 11.0. The zero-order valence-corrected chi connectivity index (χ0v) is 24.0. The Morgan fingerprint density at radius 2 is 1.74 bits per heavy atom. The van der Waals surface area contributed by atoms with Gasteiger partial charge in [0.1, 0.15) is 17.0 Å². The summed E-state index contributed by atoms with van der Waals surface area (Å²) in [5.41, 5.74) is 7.50. The predicted molar refractivity (Wildman–Crippen MR) is 164 cm³/mol. The molecule has 0 saturated heterocycles.